The lowest BCUT2D eigenvalue weighted by atomic mass is 10.1. The highest BCUT2D eigenvalue weighted by Crippen LogP contribution is 2.12. The van der Waals surface area contributed by atoms with Gasteiger partial charge in [-0.25, -0.2) is 0 Å². The molecule has 0 saturated heterocycles. The fraction of sp³-hybridized carbons (Fsp3) is 0.667. The molecule has 0 aliphatic carbocycles. The van der Waals surface area contributed by atoms with Crippen molar-refractivity contribution in [2.24, 2.45) is 0 Å². The zero-order chi connectivity index (χ0) is 41.5. The Hall–Kier alpha value is -3.41. The maximum Gasteiger partial charge on any atom is 0.306 e. The van der Waals surface area contributed by atoms with Gasteiger partial charge in [-0.15, -0.1) is 0 Å². The van der Waals surface area contributed by atoms with E-state index in [2.05, 4.69) is 93.7 Å². The molecule has 0 amide bonds. The summed E-state index contributed by atoms with van der Waals surface area (Å²) in [4.78, 5) is 37.6. The van der Waals surface area contributed by atoms with E-state index in [1.165, 1.54) is 64.2 Å². The second-order valence-electron chi connectivity index (χ2n) is 14.9. The van der Waals surface area contributed by atoms with E-state index in [0.29, 0.717) is 19.3 Å². The zero-order valence-corrected chi connectivity index (χ0v) is 36.8. The van der Waals surface area contributed by atoms with Crippen LogP contribution in [0.1, 0.15) is 201 Å². The highest BCUT2D eigenvalue weighted by atomic mass is 16.6. The lowest BCUT2D eigenvalue weighted by Crippen LogP contribution is -2.30. The van der Waals surface area contributed by atoms with Crippen molar-refractivity contribution >= 4 is 17.9 Å². The fourth-order valence-corrected chi connectivity index (χ4v) is 5.93. The van der Waals surface area contributed by atoms with Crippen LogP contribution in [0.15, 0.2) is 85.1 Å². The molecule has 0 heterocycles. The van der Waals surface area contributed by atoms with Gasteiger partial charge in [0.05, 0.1) is 0 Å². The average Bonchev–Trinajstić information content (AvgIpc) is 3.21. The SMILES string of the molecule is CC/C=C\C/C=C\C/C=C\C/C=C\C/C=C\C/C=C\CCC(=O)OCC(COC(=O)CCCCCCCCC)OC(=O)CCCCCCC/C=C\CCCCCC. The summed E-state index contributed by atoms with van der Waals surface area (Å²) in [7, 11) is 0. The minimum Gasteiger partial charge on any atom is -0.462 e. The fourth-order valence-electron chi connectivity index (χ4n) is 5.93. The number of hydrogen-bond acceptors (Lipinski definition) is 6. The molecule has 0 aromatic carbocycles. The van der Waals surface area contributed by atoms with Crippen LogP contribution in [0, 0.1) is 0 Å². The predicted octanol–water partition coefficient (Wildman–Crippen LogP) is 14.9. The van der Waals surface area contributed by atoms with E-state index < -0.39 is 6.10 Å². The molecule has 0 radical (unpaired) electrons. The molecule has 0 saturated carbocycles. The zero-order valence-electron chi connectivity index (χ0n) is 36.8. The molecule has 0 aliphatic rings. The Labute approximate surface area is 350 Å². The second kappa shape index (κ2) is 45.3. The van der Waals surface area contributed by atoms with Gasteiger partial charge in [-0.05, 0) is 83.5 Å². The summed E-state index contributed by atoms with van der Waals surface area (Å²) in [5.41, 5.74) is 0. The molecule has 0 bridgehead atoms. The Morgan fingerprint density at radius 3 is 1.19 bits per heavy atom. The molecular formula is C51H84O6. The molecule has 1 atom stereocenters. The van der Waals surface area contributed by atoms with Crippen molar-refractivity contribution in [1.29, 1.82) is 0 Å². The van der Waals surface area contributed by atoms with E-state index in [0.717, 1.165) is 89.9 Å². The Morgan fingerprint density at radius 2 is 0.719 bits per heavy atom. The summed E-state index contributed by atoms with van der Waals surface area (Å²) in [5.74, 6) is -1.01. The molecule has 0 aromatic heterocycles. The van der Waals surface area contributed by atoms with E-state index in [1.807, 2.05) is 12.2 Å². The van der Waals surface area contributed by atoms with E-state index in [4.69, 9.17) is 14.2 Å². The van der Waals surface area contributed by atoms with Crippen molar-refractivity contribution in [1.82, 2.24) is 0 Å². The molecular weight excluding hydrogens is 709 g/mol. The molecule has 6 nitrogen and oxygen atoms in total. The number of unbranched alkanes of at least 4 members (excludes halogenated alkanes) is 15. The smallest absolute Gasteiger partial charge is 0.306 e. The quantitative estimate of drug-likeness (QED) is 0.0266. The number of carbonyl (C=O) groups excluding carboxylic acids is 3. The first-order valence-electron chi connectivity index (χ1n) is 23.1. The molecule has 0 N–H and O–H groups in total. The molecule has 0 spiro atoms. The lowest BCUT2D eigenvalue weighted by Gasteiger charge is -2.18. The van der Waals surface area contributed by atoms with Gasteiger partial charge in [0.15, 0.2) is 6.10 Å². The van der Waals surface area contributed by atoms with Crippen LogP contribution < -0.4 is 0 Å². The van der Waals surface area contributed by atoms with Gasteiger partial charge < -0.3 is 14.2 Å². The van der Waals surface area contributed by atoms with Crippen LogP contribution in [0.4, 0.5) is 0 Å². The number of hydrogen-bond donors (Lipinski definition) is 0. The molecule has 0 rings (SSSR count). The predicted molar refractivity (Wildman–Crippen MR) is 242 cm³/mol. The van der Waals surface area contributed by atoms with Crippen molar-refractivity contribution in [3.05, 3.63) is 85.1 Å². The van der Waals surface area contributed by atoms with Crippen LogP contribution in [-0.4, -0.2) is 37.2 Å². The van der Waals surface area contributed by atoms with E-state index in [9.17, 15) is 14.4 Å². The summed E-state index contributed by atoms with van der Waals surface area (Å²) >= 11 is 0. The summed E-state index contributed by atoms with van der Waals surface area (Å²) in [6.07, 6.45) is 57.3. The van der Waals surface area contributed by atoms with Crippen LogP contribution in [0.5, 0.6) is 0 Å². The normalized spacial score (nSPS) is 12.8. The number of allylic oxidation sites excluding steroid dienone is 14. The van der Waals surface area contributed by atoms with Crippen LogP contribution in [0.3, 0.4) is 0 Å². The first-order valence-corrected chi connectivity index (χ1v) is 23.1. The number of esters is 3. The Bertz CT molecular complexity index is 1140. The van der Waals surface area contributed by atoms with Gasteiger partial charge in [0, 0.05) is 19.3 Å². The largest absolute Gasteiger partial charge is 0.462 e. The van der Waals surface area contributed by atoms with Crippen molar-refractivity contribution in [2.75, 3.05) is 13.2 Å². The van der Waals surface area contributed by atoms with Crippen molar-refractivity contribution in [3.63, 3.8) is 0 Å². The van der Waals surface area contributed by atoms with Gasteiger partial charge in [0.1, 0.15) is 13.2 Å². The monoisotopic (exact) mass is 793 g/mol. The molecule has 0 aliphatic heterocycles. The third-order valence-corrected chi connectivity index (χ3v) is 9.40. The molecule has 0 fully saturated rings. The van der Waals surface area contributed by atoms with Crippen molar-refractivity contribution in [3.8, 4) is 0 Å². The summed E-state index contributed by atoms with van der Waals surface area (Å²) in [6, 6.07) is 0. The first kappa shape index (κ1) is 53.6. The molecule has 6 heteroatoms. The van der Waals surface area contributed by atoms with Crippen LogP contribution in [0.25, 0.3) is 0 Å². The summed E-state index contributed by atoms with van der Waals surface area (Å²) in [5, 5.41) is 0. The maximum atomic E-state index is 12.7. The van der Waals surface area contributed by atoms with Crippen molar-refractivity contribution < 1.29 is 28.6 Å². The van der Waals surface area contributed by atoms with Gasteiger partial charge >= 0.3 is 17.9 Å². The molecule has 0 aromatic rings. The Balaban J connectivity index is 4.44. The summed E-state index contributed by atoms with van der Waals surface area (Å²) < 4.78 is 16.6. The van der Waals surface area contributed by atoms with Crippen LogP contribution in [-0.2, 0) is 28.6 Å². The molecule has 324 valence electrons. The van der Waals surface area contributed by atoms with E-state index >= 15 is 0 Å². The van der Waals surface area contributed by atoms with E-state index in [-0.39, 0.29) is 37.5 Å². The first-order chi connectivity index (χ1) is 28.0. The average molecular weight is 793 g/mol. The highest BCUT2D eigenvalue weighted by molar-refractivity contribution is 5.71. The van der Waals surface area contributed by atoms with Gasteiger partial charge in [0.2, 0.25) is 0 Å². The van der Waals surface area contributed by atoms with Gasteiger partial charge in [-0.2, -0.15) is 0 Å². The van der Waals surface area contributed by atoms with Crippen molar-refractivity contribution in [2.45, 2.75) is 207 Å². The molecule has 57 heavy (non-hydrogen) atoms. The molecule has 1 unspecified atom stereocenters. The highest BCUT2D eigenvalue weighted by Gasteiger charge is 2.19. The van der Waals surface area contributed by atoms with Gasteiger partial charge in [0.25, 0.3) is 0 Å². The van der Waals surface area contributed by atoms with E-state index in [1.54, 1.807) is 0 Å². The van der Waals surface area contributed by atoms with Crippen LogP contribution in [0.2, 0.25) is 0 Å². The second-order valence-corrected chi connectivity index (χ2v) is 14.9. The van der Waals surface area contributed by atoms with Crippen LogP contribution >= 0.6 is 0 Å². The standard InChI is InChI=1S/C51H84O6/c1-4-7-10-13-16-18-20-22-23-24-25-26-27-29-30-32-35-38-41-44-50(53)56-47-48(46-55-49(52)43-40-37-34-15-12-9-6-3)57-51(54)45-42-39-36-33-31-28-21-19-17-14-11-8-5-2/h7,10,16,18-19,21-23,25-26,29-30,35,38,48H,4-6,8-9,11-15,17,20,24,27-28,31-34,36-37,39-47H2,1-3H3/b10-7-,18-16-,21-19-,23-22-,26-25-,30-29-,38-35-. The number of carbonyl (C=O) groups is 3. The Kier molecular flexibility index (Phi) is 42.6. The minimum absolute atomic E-state index is 0.104. The topological polar surface area (TPSA) is 78.9 Å². The minimum atomic E-state index is -0.806. The third kappa shape index (κ3) is 43.6. The number of rotatable bonds is 40. The summed E-state index contributed by atoms with van der Waals surface area (Å²) in [6.45, 7) is 6.37. The maximum absolute atomic E-state index is 12.7. The third-order valence-electron chi connectivity index (χ3n) is 9.40. The van der Waals surface area contributed by atoms with Gasteiger partial charge in [-0.3, -0.25) is 14.4 Å². The van der Waals surface area contributed by atoms with Gasteiger partial charge in [-0.1, -0.05) is 183 Å². The number of ether oxygens (including phenoxy) is 3. The Morgan fingerprint density at radius 1 is 0.368 bits per heavy atom. The lowest BCUT2D eigenvalue weighted by molar-refractivity contribution is -0.166.